The Hall–Kier alpha value is -1.31. The van der Waals surface area contributed by atoms with Gasteiger partial charge in [-0.25, -0.2) is 8.42 Å². The lowest BCUT2D eigenvalue weighted by Gasteiger charge is -2.35. The van der Waals surface area contributed by atoms with Crippen LogP contribution in [0.1, 0.15) is 6.42 Å². The van der Waals surface area contributed by atoms with Crippen LogP contribution < -0.4 is 4.90 Å². The minimum Gasteiger partial charge on any atom is -0.506 e. The van der Waals surface area contributed by atoms with Crippen molar-refractivity contribution < 1.29 is 18.3 Å². The maximum atomic E-state index is 12.5. The zero-order valence-corrected chi connectivity index (χ0v) is 13.3. The molecule has 6 nitrogen and oxygen atoms in total. The molecule has 0 aliphatic carbocycles. The summed E-state index contributed by atoms with van der Waals surface area (Å²) in [4.78, 5) is 2.03. The van der Waals surface area contributed by atoms with E-state index in [-0.39, 0.29) is 17.4 Å². The third-order valence-electron chi connectivity index (χ3n) is 4.32. The average molecular weight is 326 g/mol. The molecule has 7 heteroatoms. The van der Waals surface area contributed by atoms with Crippen LogP contribution in [0.25, 0.3) is 0 Å². The van der Waals surface area contributed by atoms with E-state index < -0.39 is 10.0 Å². The smallest absolute Gasteiger partial charge is 0.214 e. The molecule has 0 saturated carbocycles. The van der Waals surface area contributed by atoms with Crippen LogP contribution in [-0.4, -0.2) is 63.0 Å². The van der Waals surface area contributed by atoms with Gasteiger partial charge >= 0.3 is 0 Å². The van der Waals surface area contributed by atoms with Crippen molar-refractivity contribution >= 4 is 15.7 Å². The number of phenols is 1. The summed E-state index contributed by atoms with van der Waals surface area (Å²) in [5.41, 5.74) is 0.767. The van der Waals surface area contributed by atoms with Crippen LogP contribution in [0.15, 0.2) is 24.3 Å². The molecule has 0 amide bonds. The number of benzene rings is 1. The van der Waals surface area contributed by atoms with Crippen LogP contribution in [0.2, 0.25) is 0 Å². The first-order valence-electron chi connectivity index (χ1n) is 7.65. The van der Waals surface area contributed by atoms with Gasteiger partial charge in [0.1, 0.15) is 5.75 Å². The van der Waals surface area contributed by atoms with Gasteiger partial charge in [0.25, 0.3) is 0 Å². The number of hydrogen-bond donors (Lipinski definition) is 1. The highest BCUT2D eigenvalue weighted by Crippen LogP contribution is 2.28. The lowest BCUT2D eigenvalue weighted by molar-refractivity contribution is 0.188. The highest BCUT2D eigenvalue weighted by atomic mass is 32.2. The van der Waals surface area contributed by atoms with Gasteiger partial charge in [-0.3, -0.25) is 0 Å². The van der Waals surface area contributed by atoms with Crippen LogP contribution in [0.4, 0.5) is 5.69 Å². The van der Waals surface area contributed by atoms with E-state index in [2.05, 4.69) is 0 Å². The maximum Gasteiger partial charge on any atom is 0.214 e. The number of anilines is 1. The van der Waals surface area contributed by atoms with Gasteiger partial charge in [0.15, 0.2) is 0 Å². The van der Waals surface area contributed by atoms with E-state index in [0.29, 0.717) is 39.4 Å². The van der Waals surface area contributed by atoms with Gasteiger partial charge in [0.05, 0.1) is 18.0 Å². The summed E-state index contributed by atoms with van der Waals surface area (Å²) in [7, 11) is -3.22. The molecule has 2 saturated heterocycles. The second-order valence-corrected chi connectivity index (χ2v) is 7.90. The Morgan fingerprint density at radius 3 is 2.55 bits per heavy atom. The lowest BCUT2D eigenvalue weighted by Crippen LogP contribution is -2.49. The number of aromatic hydroxyl groups is 1. The van der Waals surface area contributed by atoms with Crippen LogP contribution in [0.5, 0.6) is 5.75 Å². The van der Waals surface area contributed by atoms with E-state index in [1.807, 2.05) is 17.0 Å². The van der Waals surface area contributed by atoms with E-state index in [0.717, 1.165) is 12.1 Å². The van der Waals surface area contributed by atoms with E-state index >= 15 is 0 Å². The van der Waals surface area contributed by atoms with Gasteiger partial charge in [-0.15, -0.1) is 0 Å². The molecule has 0 aromatic heterocycles. The molecule has 2 aliphatic rings. The van der Waals surface area contributed by atoms with Crippen LogP contribution in [0, 0.1) is 5.92 Å². The number of hydrogen-bond acceptors (Lipinski definition) is 5. The third-order valence-corrected chi connectivity index (χ3v) is 6.37. The van der Waals surface area contributed by atoms with Crippen molar-refractivity contribution in [3.8, 4) is 5.75 Å². The summed E-state index contributed by atoms with van der Waals surface area (Å²) in [6.07, 6.45) is 0.830. The normalized spacial score (nSPS) is 23.8. The topological polar surface area (TPSA) is 70.1 Å². The number of phenolic OH excluding ortho intramolecular Hbond substituents is 1. The largest absolute Gasteiger partial charge is 0.506 e. The fourth-order valence-electron chi connectivity index (χ4n) is 3.06. The Labute approximate surface area is 131 Å². The summed E-state index contributed by atoms with van der Waals surface area (Å²) in [6, 6.07) is 7.16. The SMILES string of the molecule is O=S(=O)(C[C@H]1CCOC1)N1CCN(c2ccccc2O)CC1. The second kappa shape index (κ2) is 6.44. The van der Waals surface area contributed by atoms with Gasteiger partial charge in [0.2, 0.25) is 10.0 Å². The Kier molecular flexibility index (Phi) is 4.56. The molecule has 0 radical (unpaired) electrons. The summed E-state index contributed by atoms with van der Waals surface area (Å²) in [6.45, 7) is 3.34. The molecule has 1 aromatic carbocycles. The Morgan fingerprint density at radius 2 is 1.91 bits per heavy atom. The number of para-hydroxylation sites is 2. The molecule has 3 rings (SSSR count). The van der Waals surface area contributed by atoms with Crippen molar-refractivity contribution in [2.24, 2.45) is 5.92 Å². The van der Waals surface area contributed by atoms with Crippen molar-refractivity contribution in [2.45, 2.75) is 6.42 Å². The van der Waals surface area contributed by atoms with Crippen molar-refractivity contribution in [1.82, 2.24) is 4.31 Å². The number of sulfonamides is 1. The lowest BCUT2D eigenvalue weighted by atomic mass is 10.2. The molecule has 22 heavy (non-hydrogen) atoms. The monoisotopic (exact) mass is 326 g/mol. The number of piperazine rings is 1. The molecule has 1 aromatic rings. The zero-order valence-electron chi connectivity index (χ0n) is 12.5. The summed E-state index contributed by atoms with van der Waals surface area (Å²) < 4.78 is 31.7. The van der Waals surface area contributed by atoms with Gasteiger partial charge in [0, 0.05) is 32.8 Å². The fourth-order valence-corrected chi connectivity index (χ4v) is 4.85. The van der Waals surface area contributed by atoms with E-state index in [9.17, 15) is 13.5 Å². The summed E-state index contributed by atoms with van der Waals surface area (Å²) in [5, 5.41) is 9.89. The van der Waals surface area contributed by atoms with Gasteiger partial charge < -0.3 is 14.7 Å². The summed E-state index contributed by atoms with van der Waals surface area (Å²) in [5.74, 6) is 0.548. The van der Waals surface area contributed by atoms with Gasteiger partial charge in [-0.2, -0.15) is 4.31 Å². The molecule has 0 spiro atoms. The van der Waals surface area contributed by atoms with E-state index in [4.69, 9.17) is 4.74 Å². The van der Waals surface area contributed by atoms with Crippen molar-refractivity contribution in [2.75, 3.05) is 50.0 Å². The van der Waals surface area contributed by atoms with Crippen molar-refractivity contribution in [3.05, 3.63) is 24.3 Å². The van der Waals surface area contributed by atoms with Crippen LogP contribution >= 0.6 is 0 Å². The standard InChI is InChI=1S/C15H22N2O4S/c18-15-4-2-1-3-14(15)16-6-8-17(9-7-16)22(19,20)12-13-5-10-21-11-13/h1-4,13,18H,5-12H2/t13-/m0/s1. The molecular formula is C15H22N2O4S. The highest BCUT2D eigenvalue weighted by molar-refractivity contribution is 7.89. The first-order chi connectivity index (χ1) is 10.6. The molecule has 1 N–H and O–H groups in total. The van der Waals surface area contributed by atoms with Gasteiger partial charge in [-0.05, 0) is 24.5 Å². The first-order valence-corrected chi connectivity index (χ1v) is 9.26. The Morgan fingerprint density at radius 1 is 1.18 bits per heavy atom. The van der Waals surface area contributed by atoms with E-state index in [1.54, 1.807) is 16.4 Å². The molecule has 2 aliphatic heterocycles. The van der Waals surface area contributed by atoms with Crippen LogP contribution in [-0.2, 0) is 14.8 Å². The van der Waals surface area contributed by atoms with Crippen molar-refractivity contribution in [1.29, 1.82) is 0 Å². The zero-order chi connectivity index (χ0) is 15.6. The molecule has 0 unspecified atom stereocenters. The summed E-state index contributed by atoms with van der Waals surface area (Å²) >= 11 is 0. The molecule has 1 atom stereocenters. The number of ether oxygens (including phenoxy) is 1. The third kappa shape index (κ3) is 3.37. The van der Waals surface area contributed by atoms with Crippen molar-refractivity contribution in [3.63, 3.8) is 0 Å². The first kappa shape index (κ1) is 15.6. The number of nitrogens with zero attached hydrogens (tertiary/aromatic N) is 2. The molecule has 2 heterocycles. The predicted octanol–water partition coefficient (Wildman–Crippen LogP) is 0.880. The fraction of sp³-hybridized carbons (Fsp3) is 0.600. The minimum absolute atomic E-state index is 0.126. The van der Waals surface area contributed by atoms with E-state index in [1.165, 1.54) is 0 Å². The molecular weight excluding hydrogens is 304 g/mol. The Bertz CT molecular complexity index is 606. The average Bonchev–Trinajstić information content (AvgIpc) is 3.00. The molecule has 2 fully saturated rings. The van der Waals surface area contributed by atoms with Gasteiger partial charge in [-0.1, -0.05) is 12.1 Å². The van der Waals surface area contributed by atoms with Crippen LogP contribution in [0.3, 0.4) is 0 Å². The maximum absolute atomic E-state index is 12.5. The molecule has 122 valence electrons. The minimum atomic E-state index is -3.22. The molecule has 0 bridgehead atoms. The Balaban J connectivity index is 1.60. The quantitative estimate of drug-likeness (QED) is 0.889. The predicted molar refractivity (Wildman–Crippen MR) is 84.6 cm³/mol. The number of rotatable bonds is 4. The second-order valence-electron chi connectivity index (χ2n) is 5.88. The highest BCUT2D eigenvalue weighted by Gasteiger charge is 2.31.